The van der Waals surface area contributed by atoms with E-state index in [-0.39, 0.29) is 6.42 Å². The van der Waals surface area contributed by atoms with E-state index >= 15 is 0 Å². The van der Waals surface area contributed by atoms with Crippen LogP contribution in [-0.2, 0) is 11.8 Å². The summed E-state index contributed by atoms with van der Waals surface area (Å²) < 4.78 is 1.94. The quantitative estimate of drug-likeness (QED) is 0.517. The topological polar surface area (TPSA) is 70.2 Å². The number of hydrazone groups is 1. The van der Waals surface area contributed by atoms with Gasteiger partial charge < -0.3 is 4.57 Å². The molecule has 1 N–H and O–H groups in total. The van der Waals surface area contributed by atoms with Crippen LogP contribution in [0, 0.1) is 11.3 Å². The van der Waals surface area contributed by atoms with Crippen LogP contribution in [0.2, 0.25) is 0 Å². The van der Waals surface area contributed by atoms with E-state index in [4.69, 9.17) is 5.26 Å². The molecule has 5 nitrogen and oxygen atoms in total. The van der Waals surface area contributed by atoms with E-state index in [9.17, 15) is 4.79 Å². The summed E-state index contributed by atoms with van der Waals surface area (Å²) in [6, 6.07) is 13.6. The third-order valence-electron chi connectivity index (χ3n) is 2.93. The number of carbonyl (C=O) groups excluding carboxylic acids is 1. The molecule has 0 aliphatic rings. The molecule has 0 aliphatic carbocycles. The molecule has 0 bridgehead atoms. The van der Waals surface area contributed by atoms with Gasteiger partial charge in [-0.1, -0.05) is 30.3 Å². The number of nitriles is 1. The number of amides is 1. The first-order chi connectivity index (χ1) is 10.1. The van der Waals surface area contributed by atoms with Gasteiger partial charge in [0.2, 0.25) is 0 Å². The van der Waals surface area contributed by atoms with Gasteiger partial charge in [-0.3, -0.25) is 4.79 Å². The maximum Gasteiger partial charge on any atom is 0.254 e. The predicted molar refractivity (Wildman–Crippen MR) is 84.1 cm³/mol. The lowest BCUT2D eigenvalue weighted by molar-refractivity contribution is -0.120. The second kappa shape index (κ2) is 6.77. The maximum absolute atomic E-state index is 11.1. The largest absolute Gasteiger partial charge is 0.339 e. The van der Waals surface area contributed by atoms with Gasteiger partial charge in [0.1, 0.15) is 6.42 Å². The molecule has 0 saturated heterocycles. The lowest BCUT2D eigenvalue weighted by atomic mass is 10.1. The smallest absolute Gasteiger partial charge is 0.254 e. The summed E-state index contributed by atoms with van der Waals surface area (Å²) in [6.07, 6.45) is 1.30. The first-order valence-electron chi connectivity index (χ1n) is 6.26. The minimum Gasteiger partial charge on any atom is -0.339 e. The van der Waals surface area contributed by atoms with Crippen LogP contribution < -0.4 is 5.43 Å². The van der Waals surface area contributed by atoms with Crippen LogP contribution >= 0.6 is 12.6 Å². The molecule has 6 heteroatoms. The Kier molecular flexibility index (Phi) is 4.80. The minimum absolute atomic E-state index is 0.213. The fourth-order valence-electron chi connectivity index (χ4n) is 1.88. The van der Waals surface area contributed by atoms with Crippen molar-refractivity contribution in [3.63, 3.8) is 0 Å². The summed E-state index contributed by atoms with van der Waals surface area (Å²) in [5, 5.41) is 13.0. The molecule has 0 spiro atoms. The lowest BCUT2D eigenvalue weighted by Gasteiger charge is -2.03. The van der Waals surface area contributed by atoms with Crippen LogP contribution in [0.5, 0.6) is 0 Å². The van der Waals surface area contributed by atoms with E-state index < -0.39 is 5.91 Å². The van der Waals surface area contributed by atoms with Crippen molar-refractivity contribution >= 4 is 24.8 Å². The maximum atomic E-state index is 11.1. The van der Waals surface area contributed by atoms with Crippen molar-refractivity contribution < 1.29 is 4.79 Å². The molecule has 0 aliphatic heterocycles. The Morgan fingerprint density at radius 1 is 1.48 bits per heavy atom. The van der Waals surface area contributed by atoms with Crippen LogP contribution in [-0.4, -0.2) is 16.7 Å². The summed E-state index contributed by atoms with van der Waals surface area (Å²) in [5.74, 6) is -0.436. The highest BCUT2D eigenvalue weighted by Crippen LogP contribution is 2.26. The van der Waals surface area contributed by atoms with E-state index in [2.05, 4.69) is 23.2 Å². The van der Waals surface area contributed by atoms with E-state index in [0.717, 1.165) is 21.8 Å². The number of hydrogen-bond donors (Lipinski definition) is 2. The Balaban J connectivity index is 2.21. The number of nitrogens with one attached hydrogen (secondary N) is 1. The van der Waals surface area contributed by atoms with Gasteiger partial charge in [-0.15, -0.1) is 12.6 Å². The van der Waals surface area contributed by atoms with Gasteiger partial charge in [-0.25, -0.2) is 5.43 Å². The Hall–Kier alpha value is -2.52. The van der Waals surface area contributed by atoms with E-state index in [0.29, 0.717) is 0 Å². The van der Waals surface area contributed by atoms with Crippen LogP contribution in [0.4, 0.5) is 0 Å². The van der Waals surface area contributed by atoms with Crippen molar-refractivity contribution in [2.45, 2.75) is 11.4 Å². The second-order valence-corrected chi connectivity index (χ2v) is 4.79. The molecule has 2 rings (SSSR count). The third kappa shape index (κ3) is 3.52. The highest BCUT2D eigenvalue weighted by atomic mass is 32.1. The summed E-state index contributed by atoms with van der Waals surface area (Å²) in [6.45, 7) is 0. The van der Waals surface area contributed by atoms with Gasteiger partial charge in [0.25, 0.3) is 5.91 Å². The molecule has 1 heterocycles. The molecule has 106 valence electrons. The number of carbonyl (C=O) groups is 1. The van der Waals surface area contributed by atoms with Crippen molar-refractivity contribution in [1.82, 2.24) is 9.99 Å². The van der Waals surface area contributed by atoms with Gasteiger partial charge in [0, 0.05) is 18.3 Å². The van der Waals surface area contributed by atoms with Crippen LogP contribution in [0.1, 0.15) is 12.0 Å². The highest BCUT2D eigenvalue weighted by molar-refractivity contribution is 7.80. The number of nitrogens with zero attached hydrogens (tertiary/aromatic N) is 3. The third-order valence-corrected chi connectivity index (χ3v) is 3.49. The van der Waals surface area contributed by atoms with Crippen molar-refractivity contribution in [3.05, 3.63) is 42.0 Å². The Morgan fingerprint density at radius 3 is 2.86 bits per heavy atom. The molecule has 2 aromatic rings. The van der Waals surface area contributed by atoms with E-state index in [1.807, 2.05) is 48.0 Å². The van der Waals surface area contributed by atoms with Gasteiger partial charge >= 0.3 is 0 Å². The molecule has 0 radical (unpaired) electrons. The van der Waals surface area contributed by atoms with Crippen LogP contribution in [0.25, 0.3) is 11.3 Å². The number of aromatic nitrogens is 1. The summed E-state index contributed by atoms with van der Waals surface area (Å²) in [4.78, 5) is 11.1. The fraction of sp³-hybridized carbons (Fsp3) is 0.133. The van der Waals surface area contributed by atoms with Crippen LogP contribution in [0.15, 0.2) is 46.5 Å². The molecule has 0 atom stereocenters. The molecule has 0 fully saturated rings. The van der Waals surface area contributed by atoms with Gasteiger partial charge in [0.05, 0.1) is 17.3 Å². The van der Waals surface area contributed by atoms with E-state index in [1.165, 1.54) is 6.21 Å². The first-order valence-corrected chi connectivity index (χ1v) is 6.71. The van der Waals surface area contributed by atoms with Crippen molar-refractivity contribution in [2.24, 2.45) is 12.1 Å². The van der Waals surface area contributed by atoms with E-state index in [1.54, 1.807) is 6.07 Å². The molecule has 1 aromatic heterocycles. The number of rotatable bonds is 4. The van der Waals surface area contributed by atoms with Gasteiger partial charge in [-0.05, 0) is 11.6 Å². The predicted octanol–water partition coefficient (Wildman–Crippen LogP) is 2.34. The average molecular weight is 298 g/mol. The number of hydrogen-bond acceptors (Lipinski definition) is 4. The van der Waals surface area contributed by atoms with Crippen LogP contribution in [0.3, 0.4) is 0 Å². The van der Waals surface area contributed by atoms with Crippen molar-refractivity contribution in [3.8, 4) is 17.3 Å². The summed E-state index contributed by atoms with van der Waals surface area (Å²) in [5.41, 5.74) is 5.16. The Morgan fingerprint density at radius 2 is 2.19 bits per heavy atom. The average Bonchev–Trinajstić information content (AvgIpc) is 2.77. The Labute approximate surface area is 128 Å². The molecule has 0 unspecified atom stereocenters. The molecular weight excluding hydrogens is 284 g/mol. The minimum atomic E-state index is -0.436. The lowest BCUT2D eigenvalue weighted by Crippen LogP contribution is -2.16. The number of benzene rings is 1. The Bertz CT molecular complexity index is 713. The molecular formula is C15H14N4OS. The molecule has 1 aromatic carbocycles. The molecule has 21 heavy (non-hydrogen) atoms. The molecule has 1 amide bonds. The standard InChI is InChI=1S/C15H14N4OS/c1-19-13(11-5-3-2-4-6-11)9-12(15(19)21)10-17-18-14(20)7-8-16/h2-6,9-10,21H,7H2,1H3,(H,18,20)/b17-10-. The fourth-order valence-corrected chi connectivity index (χ4v) is 2.11. The highest BCUT2D eigenvalue weighted by Gasteiger charge is 2.09. The van der Waals surface area contributed by atoms with Gasteiger partial charge in [-0.2, -0.15) is 10.4 Å². The molecule has 0 saturated carbocycles. The zero-order chi connectivity index (χ0) is 15.2. The second-order valence-electron chi connectivity index (χ2n) is 4.36. The van der Waals surface area contributed by atoms with Gasteiger partial charge in [0.15, 0.2) is 0 Å². The van der Waals surface area contributed by atoms with Crippen molar-refractivity contribution in [1.29, 1.82) is 5.26 Å². The SMILES string of the molecule is Cn1c(-c2ccccc2)cc(/C=N\NC(=O)CC#N)c1S. The first kappa shape index (κ1) is 14.9. The normalized spacial score (nSPS) is 10.5. The zero-order valence-electron chi connectivity index (χ0n) is 11.4. The zero-order valence-corrected chi connectivity index (χ0v) is 12.3. The summed E-state index contributed by atoms with van der Waals surface area (Å²) in [7, 11) is 1.91. The van der Waals surface area contributed by atoms with Crippen molar-refractivity contribution in [2.75, 3.05) is 0 Å². The summed E-state index contributed by atoms with van der Waals surface area (Å²) >= 11 is 4.45. The monoisotopic (exact) mass is 298 g/mol. The number of thiol groups is 1.